The number of benzene rings is 3. The van der Waals surface area contributed by atoms with Crippen LogP contribution in [0.15, 0.2) is 66.7 Å². The van der Waals surface area contributed by atoms with E-state index >= 15 is 0 Å². The van der Waals surface area contributed by atoms with Gasteiger partial charge in [0.1, 0.15) is 17.5 Å². The predicted molar refractivity (Wildman–Crippen MR) is 144 cm³/mol. The third-order valence-corrected chi connectivity index (χ3v) is 6.58. The second-order valence-electron chi connectivity index (χ2n) is 10.1. The fourth-order valence-corrected chi connectivity index (χ4v) is 4.36. The van der Waals surface area contributed by atoms with Crippen molar-refractivity contribution in [3.8, 4) is 5.75 Å². The Morgan fingerprint density at radius 1 is 0.972 bits per heavy atom. The lowest BCUT2D eigenvalue weighted by Crippen LogP contribution is -2.51. The molecule has 1 aliphatic heterocycles. The zero-order valence-electron chi connectivity index (χ0n) is 22.0. The number of carbonyl (C=O) groups is 1. The highest BCUT2D eigenvalue weighted by atomic mass is 16.6. The summed E-state index contributed by atoms with van der Waals surface area (Å²) in [5, 5.41) is 3.51. The predicted octanol–water partition coefficient (Wildman–Crippen LogP) is 7.17. The maximum atomic E-state index is 13.1. The fourth-order valence-electron chi connectivity index (χ4n) is 4.36. The molecule has 2 unspecified atom stereocenters. The van der Waals surface area contributed by atoms with Gasteiger partial charge in [0, 0.05) is 24.4 Å². The lowest BCUT2D eigenvalue weighted by molar-refractivity contribution is -0.140. The van der Waals surface area contributed by atoms with Crippen LogP contribution in [0.2, 0.25) is 0 Å². The number of hydrogen-bond donors (Lipinski definition) is 1. The SMILES string of the molecule is CCCCOC1c2cc(NCc3ccc(C)cc3)ccc2OC(C)(C)C1OC(=O)c1ccc(C)cc1. The number of rotatable bonds is 9. The Balaban J connectivity index is 1.60. The molecule has 1 heterocycles. The minimum Gasteiger partial charge on any atom is -0.483 e. The van der Waals surface area contributed by atoms with Gasteiger partial charge in [-0.15, -0.1) is 0 Å². The summed E-state index contributed by atoms with van der Waals surface area (Å²) in [5.41, 5.74) is 5.14. The molecule has 190 valence electrons. The molecule has 0 aromatic heterocycles. The molecule has 0 aliphatic carbocycles. The van der Waals surface area contributed by atoms with Gasteiger partial charge in [-0.3, -0.25) is 0 Å². The lowest BCUT2D eigenvalue weighted by atomic mass is 9.87. The van der Waals surface area contributed by atoms with Crippen LogP contribution in [-0.4, -0.2) is 24.3 Å². The van der Waals surface area contributed by atoms with Crippen LogP contribution in [0.4, 0.5) is 5.69 Å². The van der Waals surface area contributed by atoms with Crippen molar-refractivity contribution in [3.05, 3.63) is 94.5 Å². The van der Waals surface area contributed by atoms with Crippen molar-refractivity contribution in [2.75, 3.05) is 11.9 Å². The monoisotopic (exact) mass is 487 g/mol. The summed E-state index contributed by atoms with van der Waals surface area (Å²) in [6.07, 6.45) is 0.900. The third-order valence-electron chi connectivity index (χ3n) is 6.58. The molecule has 1 N–H and O–H groups in total. The van der Waals surface area contributed by atoms with E-state index < -0.39 is 17.8 Å². The van der Waals surface area contributed by atoms with Crippen molar-refractivity contribution in [1.29, 1.82) is 0 Å². The maximum absolute atomic E-state index is 13.1. The van der Waals surface area contributed by atoms with Gasteiger partial charge in [-0.1, -0.05) is 60.9 Å². The Labute approximate surface area is 214 Å². The zero-order valence-corrected chi connectivity index (χ0v) is 22.0. The van der Waals surface area contributed by atoms with E-state index in [0.717, 1.165) is 35.4 Å². The molecular formula is C31H37NO4. The number of fused-ring (bicyclic) bond motifs is 1. The quantitative estimate of drug-likeness (QED) is 0.256. The van der Waals surface area contributed by atoms with Crippen molar-refractivity contribution in [2.24, 2.45) is 0 Å². The maximum Gasteiger partial charge on any atom is 0.338 e. The van der Waals surface area contributed by atoms with Crippen LogP contribution in [0.3, 0.4) is 0 Å². The highest BCUT2D eigenvalue weighted by Gasteiger charge is 2.47. The number of ether oxygens (including phenoxy) is 3. The van der Waals surface area contributed by atoms with E-state index in [0.29, 0.717) is 18.7 Å². The zero-order chi connectivity index (χ0) is 25.7. The molecule has 0 saturated heterocycles. The van der Waals surface area contributed by atoms with E-state index in [4.69, 9.17) is 14.2 Å². The molecular weight excluding hydrogens is 450 g/mol. The van der Waals surface area contributed by atoms with Crippen molar-refractivity contribution in [2.45, 2.75) is 71.8 Å². The highest BCUT2D eigenvalue weighted by molar-refractivity contribution is 5.89. The van der Waals surface area contributed by atoms with E-state index in [1.807, 2.05) is 45.0 Å². The molecule has 5 heteroatoms. The van der Waals surface area contributed by atoms with Crippen LogP contribution in [0, 0.1) is 13.8 Å². The van der Waals surface area contributed by atoms with Crippen molar-refractivity contribution in [3.63, 3.8) is 0 Å². The van der Waals surface area contributed by atoms with Gasteiger partial charge < -0.3 is 19.5 Å². The van der Waals surface area contributed by atoms with Crippen LogP contribution in [0.5, 0.6) is 5.75 Å². The van der Waals surface area contributed by atoms with E-state index in [9.17, 15) is 4.79 Å². The number of unbranched alkanes of at least 4 members (excludes halogenated alkanes) is 1. The minimum absolute atomic E-state index is 0.377. The largest absolute Gasteiger partial charge is 0.483 e. The number of hydrogen-bond acceptors (Lipinski definition) is 5. The lowest BCUT2D eigenvalue weighted by Gasteiger charge is -2.43. The molecule has 5 nitrogen and oxygen atoms in total. The molecule has 0 amide bonds. The molecule has 36 heavy (non-hydrogen) atoms. The standard InChI is InChI=1S/C31H37NO4/c1-6-7-18-34-28-26-19-25(32-20-23-12-8-21(2)9-13-23)16-17-27(26)36-31(4,5)29(28)35-30(33)24-14-10-22(3)11-15-24/h8-17,19,28-29,32H,6-7,18,20H2,1-5H3. The van der Waals surface area contributed by atoms with Gasteiger partial charge in [0.25, 0.3) is 0 Å². The Morgan fingerprint density at radius 3 is 2.31 bits per heavy atom. The average molecular weight is 488 g/mol. The Bertz CT molecular complexity index is 1170. The topological polar surface area (TPSA) is 56.8 Å². The number of esters is 1. The summed E-state index contributed by atoms with van der Waals surface area (Å²) in [7, 11) is 0. The Kier molecular flexibility index (Phi) is 8.00. The number of anilines is 1. The van der Waals surface area contributed by atoms with Crippen LogP contribution >= 0.6 is 0 Å². The molecule has 3 aromatic carbocycles. The van der Waals surface area contributed by atoms with Crippen LogP contribution in [0.25, 0.3) is 0 Å². The molecule has 0 saturated carbocycles. The summed E-state index contributed by atoms with van der Waals surface area (Å²) < 4.78 is 18.9. The van der Waals surface area contributed by atoms with Crippen LogP contribution in [-0.2, 0) is 16.0 Å². The molecule has 0 radical (unpaired) electrons. The molecule has 3 aromatic rings. The summed E-state index contributed by atoms with van der Waals surface area (Å²) in [6, 6.07) is 22.0. The third kappa shape index (κ3) is 6.08. The molecule has 0 bridgehead atoms. The van der Waals surface area contributed by atoms with Gasteiger partial charge in [0.15, 0.2) is 6.10 Å². The van der Waals surface area contributed by atoms with Crippen molar-refractivity contribution < 1.29 is 19.0 Å². The first-order valence-corrected chi connectivity index (χ1v) is 12.8. The number of nitrogens with one attached hydrogen (secondary N) is 1. The molecule has 0 spiro atoms. The van der Waals surface area contributed by atoms with Gasteiger partial charge >= 0.3 is 5.97 Å². The molecule has 2 atom stereocenters. The second-order valence-corrected chi connectivity index (χ2v) is 10.1. The fraction of sp³-hybridized carbons (Fsp3) is 0.387. The number of carbonyl (C=O) groups excluding carboxylic acids is 1. The van der Waals surface area contributed by atoms with Crippen LogP contribution in [0.1, 0.15) is 72.3 Å². The average Bonchev–Trinajstić information content (AvgIpc) is 2.85. The van der Waals surface area contributed by atoms with Crippen molar-refractivity contribution >= 4 is 11.7 Å². The molecule has 4 rings (SSSR count). The van der Waals surface area contributed by atoms with E-state index in [2.05, 4.69) is 49.5 Å². The van der Waals surface area contributed by atoms with E-state index in [1.54, 1.807) is 12.1 Å². The van der Waals surface area contributed by atoms with Crippen LogP contribution < -0.4 is 10.1 Å². The van der Waals surface area contributed by atoms with Crippen molar-refractivity contribution in [1.82, 2.24) is 0 Å². The normalized spacial score (nSPS) is 18.1. The molecule has 0 fully saturated rings. The van der Waals surface area contributed by atoms with Gasteiger partial charge in [0.05, 0.1) is 5.56 Å². The first-order chi connectivity index (χ1) is 17.3. The van der Waals surface area contributed by atoms with Gasteiger partial charge in [-0.25, -0.2) is 4.79 Å². The summed E-state index contributed by atoms with van der Waals surface area (Å²) in [4.78, 5) is 13.1. The van der Waals surface area contributed by atoms with E-state index in [-0.39, 0.29) is 5.97 Å². The van der Waals surface area contributed by atoms with E-state index in [1.165, 1.54) is 11.1 Å². The molecule has 1 aliphatic rings. The van der Waals surface area contributed by atoms with Gasteiger partial charge in [-0.2, -0.15) is 0 Å². The summed E-state index contributed by atoms with van der Waals surface area (Å²) in [5.74, 6) is 0.378. The summed E-state index contributed by atoms with van der Waals surface area (Å²) in [6.45, 7) is 11.4. The summed E-state index contributed by atoms with van der Waals surface area (Å²) >= 11 is 0. The van der Waals surface area contributed by atoms with Gasteiger partial charge in [-0.05, 0) is 70.0 Å². The first-order valence-electron chi connectivity index (χ1n) is 12.8. The van der Waals surface area contributed by atoms with Gasteiger partial charge in [0.2, 0.25) is 0 Å². The second kappa shape index (κ2) is 11.2. The Morgan fingerprint density at radius 2 is 1.64 bits per heavy atom. The smallest absolute Gasteiger partial charge is 0.338 e. The first kappa shape index (κ1) is 25.8. The Hall–Kier alpha value is -3.31. The highest BCUT2D eigenvalue weighted by Crippen LogP contribution is 2.44. The minimum atomic E-state index is -0.763. The number of aryl methyl sites for hydroxylation is 2.